The van der Waals surface area contributed by atoms with Crippen molar-refractivity contribution in [3.63, 3.8) is 0 Å². The molecular weight excluding hydrogens is 178 g/mol. The smallest absolute Gasteiger partial charge is 0.149 e. The Morgan fingerprint density at radius 3 is 3.14 bits per heavy atom. The summed E-state index contributed by atoms with van der Waals surface area (Å²) in [4.78, 5) is 4.12. The Labute approximate surface area is 84.5 Å². The van der Waals surface area contributed by atoms with Crippen molar-refractivity contribution in [2.75, 3.05) is 30.8 Å². The van der Waals surface area contributed by atoms with Gasteiger partial charge in [-0.2, -0.15) is 0 Å². The minimum Gasteiger partial charge on any atom is -0.396 e. The Morgan fingerprint density at radius 1 is 1.57 bits per heavy atom. The van der Waals surface area contributed by atoms with E-state index in [9.17, 15) is 0 Å². The molecule has 0 aliphatic rings. The van der Waals surface area contributed by atoms with Crippen LogP contribution in [0.2, 0.25) is 0 Å². The van der Waals surface area contributed by atoms with E-state index in [0.717, 1.165) is 32.0 Å². The van der Waals surface area contributed by atoms with Gasteiger partial charge in [0, 0.05) is 26.0 Å². The van der Waals surface area contributed by atoms with E-state index < -0.39 is 0 Å². The normalized spacial score (nSPS) is 10.1. The van der Waals surface area contributed by atoms with Crippen LogP contribution in [0, 0.1) is 0 Å². The van der Waals surface area contributed by atoms with Crippen LogP contribution < -0.4 is 11.1 Å². The summed E-state index contributed by atoms with van der Waals surface area (Å²) >= 11 is 0. The van der Waals surface area contributed by atoms with Crippen molar-refractivity contribution in [1.82, 2.24) is 4.98 Å². The fourth-order valence-electron chi connectivity index (χ4n) is 1.09. The number of anilines is 2. The standard InChI is InChI=1S/C10H17N3O/c1-2-14-8-4-7-13-10-9(11)5-3-6-12-10/h3,5-6H,2,4,7-8,11H2,1H3,(H,12,13). The summed E-state index contributed by atoms with van der Waals surface area (Å²) in [6.45, 7) is 4.37. The van der Waals surface area contributed by atoms with E-state index in [-0.39, 0.29) is 0 Å². The topological polar surface area (TPSA) is 60.2 Å². The number of nitrogens with zero attached hydrogens (tertiary/aromatic N) is 1. The van der Waals surface area contributed by atoms with E-state index >= 15 is 0 Å². The molecule has 0 fully saturated rings. The van der Waals surface area contributed by atoms with Crippen LogP contribution in [0.5, 0.6) is 0 Å². The van der Waals surface area contributed by atoms with Gasteiger partial charge in [-0.05, 0) is 25.5 Å². The molecule has 1 heterocycles. The summed E-state index contributed by atoms with van der Waals surface area (Å²) in [5.74, 6) is 0.754. The number of rotatable bonds is 6. The molecule has 0 saturated carbocycles. The third-order valence-corrected chi connectivity index (χ3v) is 1.80. The first-order chi connectivity index (χ1) is 6.84. The van der Waals surface area contributed by atoms with Crippen molar-refractivity contribution < 1.29 is 4.74 Å². The average molecular weight is 195 g/mol. The molecule has 0 aromatic carbocycles. The number of ether oxygens (including phenoxy) is 1. The number of hydrogen-bond donors (Lipinski definition) is 2. The highest BCUT2D eigenvalue weighted by Crippen LogP contribution is 2.12. The number of pyridine rings is 1. The SMILES string of the molecule is CCOCCCNc1ncccc1N. The van der Waals surface area contributed by atoms with Gasteiger partial charge < -0.3 is 15.8 Å². The molecule has 1 rings (SSSR count). The van der Waals surface area contributed by atoms with Crippen LogP contribution in [0.1, 0.15) is 13.3 Å². The molecule has 78 valence electrons. The van der Waals surface area contributed by atoms with Crippen molar-refractivity contribution in [3.8, 4) is 0 Å². The van der Waals surface area contributed by atoms with Gasteiger partial charge in [-0.3, -0.25) is 0 Å². The maximum Gasteiger partial charge on any atom is 0.149 e. The molecule has 1 aromatic rings. The van der Waals surface area contributed by atoms with E-state index in [0.29, 0.717) is 5.69 Å². The fourth-order valence-corrected chi connectivity index (χ4v) is 1.09. The molecule has 0 aliphatic carbocycles. The molecule has 4 heteroatoms. The second kappa shape index (κ2) is 6.21. The molecule has 0 unspecified atom stereocenters. The highest BCUT2D eigenvalue weighted by atomic mass is 16.5. The number of aromatic nitrogens is 1. The molecule has 0 atom stereocenters. The Hall–Kier alpha value is -1.29. The Balaban J connectivity index is 2.21. The monoisotopic (exact) mass is 195 g/mol. The largest absolute Gasteiger partial charge is 0.396 e. The molecule has 0 spiro atoms. The van der Waals surface area contributed by atoms with Gasteiger partial charge in [-0.25, -0.2) is 4.98 Å². The Kier molecular flexibility index (Phi) is 4.78. The molecule has 0 radical (unpaired) electrons. The first-order valence-electron chi connectivity index (χ1n) is 4.86. The van der Waals surface area contributed by atoms with Gasteiger partial charge in [0.15, 0.2) is 0 Å². The first-order valence-corrected chi connectivity index (χ1v) is 4.86. The maximum absolute atomic E-state index is 5.71. The predicted octanol–water partition coefficient (Wildman–Crippen LogP) is 1.50. The lowest BCUT2D eigenvalue weighted by Crippen LogP contribution is -2.08. The zero-order chi connectivity index (χ0) is 10.2. The lowest BCUT2D eigenvalue weighted by atomic mass is 10.4. The van der Waals surface area contributed by atoms with E-state index in [1.807, 2.05) is 19.1 Å². The van der Waals surface area contributed by atoms with E-state index in [1.165, 1.54) is 0 Å². The zero-order valence-corrected chi connectivity index (χ0v) is 8.49. The minimum atomic E-state index is 0.684. The van der Waals surface area contributed by atoms with E-state index in [4.69, 9.17) is 10.5 Å². The number of nitrogen functional groups attached to an aromatic ring is 1. The van der Waals surface area contributed by atoms with Gasteiger partial charge >= 0.3 is 0 Å². The summed E-state index contributed by atoms with van der Waals surface area (Å²) in [5, 5.41) is 3.16. The molecule has 0 bridgehead atoms. The first kappa shape index (κ1) is 10.8. The molecular formula is C10H17N3O. The second-order valence-electron chi connectivity index (χ2n) is 2.92. The summed E-state index contributed by atoms with van der Waals surface area (Å²) in [6, 6.07) is 3.65. The molecule has 0 saturated heterocycles. The predicted molar refractivity (Wildman–Crippen MR) is 58.2 cm³/mol. The van der Waals surface area contributed by atoms with Gasteiger partial charge in [0.2, 0.25) is 0 Å². The van der Waals surface area contributed by atoms with Crippen LogP contribution in [-0.4, -0.2) is 24.7 Å². The Morgan fingerprint density at radius 2 is 2.43 bits per heavy atom. The molecule has 0 aliphatic heterocycles. The molecule has 0 amide bonds. The average Bonchev–Trinajstić information content (AvgIpc) is 2.20. The van der Waals surface area contributed by atoms with E-state index in [1.54, 1.807) is 6.20 Å². The second-order valence-corrected chi connectivity index (χ2v) is 2.92. The summed E-state index contributed by atoms with van der Waals surface area (Å²) < 4.78 is 5.21. The zero-order valence-electron chi connectivity index (χ0n) is 8.49. The minimum absolute atomic E-state index is 0.684. The molecule has 4 nitrogen and oxygen atoms in total. The fraction of sp³-hybridized carbons (Fsp3) is 0.500. The van der Waals surface area contributed by atoms with Crippen molar-refractivity contribution >= 4 is 11.5 Å². The van der Waals surface area contributed by atoms with Crippen LogP contribution in [-0.2, 0) is 4.74 Å². The lowest BCUT2D eigenvalue weighted by Gasteiger charge is -2.07. The van der Waals surface area contributed by atoms with Crippen LogP contribution >= 0.6 is 0 Å². The number of hydrogen-bond acceptors (Lipinski definition) is 4. The van der Waals surface area contributed by atoms with Gasteiger partial charge in [-0.15, -0.1) is 0 Å². The van der Waals surface area contributed by atoms with Crippen molar-refractivity contribution in [1.29, 1.82) is 0 Å². The quantitative estimate of drug-likeness (QED) is 0.675. The molecule has 14 heavy (non-hydrogen) atoms. The van der Waals surface area contributed by atoms with Gasteiger partial charge in [-0.1, -0.05) is 0 Å². The third-order valence-electron chi connectivity index (χ3n) is 1.80. The Bertz CT molecular complexity index is 265. The maximum atomic E-state index is 5.71. The third kappa shape index (κ3) is 3.62. The van der Waals surface area contributed by atoms with Crippen molar-refractivity contribution in [3.05, 3.63) is 18.3 Å². The van der Waals surface area contributed by atoms with Crippen LogP contribution in [0.25, 0.3) is 0 Å². The summed E-state index contributed by atoms with van der Waals surface area (Å²) in [5.41, 5.74) is 6.39. The van der Waals surface area contributed by atoms with Crippen molar-refractivity contribution in [2.24, 2.45) is 0 Å². The highest BCUT2D eigenvalue weighted by Gasteiger charge is 1.96. The highest BCUT2D eigenvalue weighted by molar-refractivity contribution is 5.60. The van der Waals surface area contributed by atoms with Gasteiger partial charge in [0.1, 0.15) is 5.82 Å². The summed E-state index contributed by atoms with van der Waals surface area (Å²) in [7, 11) is 0. The summed E-state index contributed by atoms with van der Waals surface area (Å²) in [6.07, 6.45) is 2.69. The lowest BCUT2D eigenvalue weighted by molar-refractivity contribution is 0.147. The van der Waals surface area contributed by atoms with Gasteiger partial charge in [0.25, 0.3) is 0 Å². The van der Waals surface area contributed by atoms with Crippen LogP contribution in [0.15, 0.2) is 18.3 Å². The van der Waals surface area contributed by atoms with E-state index in [2.05, 4.69) is 10.3 Å². The number of nitrogens with two attached hydrogens (primary N) is 1. The molecule has 1 aromatic heterocycles. The van der Waals surface area contributed by atoms with Crippen LogP contribution in [0.3, 0.4) is 0 Å². The van der Waals surface area contributed by atoms with Crippen LogP contribution in [0.4, 0.5) is 11.5 Å². The van der Waals surface area contributed by atoms with Crippen molar-refractivity contribution in [2.45, 2.75) is 13.3 Å². The molecule has 3 N–H and O–H groups in total. The number of nitrogens with one attached hydrogen (secondary N) is 1. The van der Waals surface area contributed by atoms with Gasteiger partial charge in [0.05, 0.1) is 5.69 Å².